The Bertz CT molecular complexity index is 627. The third-order valence-electron chi connectivity index (χ3n) is 3.24. The second-order valence-electron chi connectivity index (χ2n) is 5.36. The van der Waals surface area contributed by atoms with Gasteiger partial charge in [-0.05, 0) is 32.0 Å². The smallest absolute Gasteiger partial charge is 0.337 e. The molecule has 2 N–H and O–H groups in total. The zero-order chi connectivity index (χ0) is 16.7. The van der Waals surface area contributed by atoms with Gasteiger partial charge in [-0.3, -0.25) is 5.21 Å². The van der Waals surface area contributed by atoms with Gasteiger partial charge in [0.15, 0.2) is 0 Å². The van der Waals surface area contributed by atoms with Crippen LogP contribution in [0.5, 0.6) is 0 Å². The van der Waals surface area contributed by atoms with Crippen LogP contribution in [0.2, 0.25) is 10.0 Å². The first-order valence-electron chi connectivity index (χ1n) is 6.33. The number of nitrogens with zero attached hydrogens (tertiary/aromatic N) is 2. The van der Waals surface area contributed by atoms with Crippen LogP contribution in [0.4, 0.5) is 10.5 Å². The number of thiocarbonyl (C=S) groups is 1. The number of hydroxylamine groups is 2. The Morgan fingerprint density at radius 1 is 1.45 bits per heavy atom. The first kappa shape index (κ1) is 17.6. The average molecular weight is 380 g/mol. The quantitative estimate of drug-likeness (QED) is 0.456. The van der Waals surface area contributed by atoms with Crippen LogP contribution in [-0.4, -0.2) is 43.5 Å². The molecule has 2 rings (SSSR count). The van der Waals surface area contributed by atoms with Crippen LogP contribution in [0.25, 0.3) is 0 Å². The van der Waals surface area contributed by atoms with Crippen molar-refractivity contribution < 1.29 is 10.0 Å². The number of urea groups is 1. The molecule has 2 amide bonds. The molecule has 1 aromatic rings. The van der Waals surface area contributed by atoms with E-state index < -0.39 is 16.9 Å². The maximum atomic E-state index is 12.2. The van der Waals surface area contributed by atoms with Gasteiger partial charge in [0.25, 0.3) is 0 Å². The summed E-state index contributed by atoms with van der Waals surface area (Å²) in [5.74, 6) is 0. The Morgan fingerprint density at radius 3 is 2.59 bits per heavy atom. The topological polar surface area (TPSA) is 55.8 Å². The van der Waals surface area contributed by atoms with Crippen molar-refractivity contribution in [3.8, 4) is 0 Å². The Labute approximate surface area is 148 Å². The fraction of sp³-hybridized carbons (Fsp3) is 0.385. The summed E-state index contributed by atoms with van der Waals surface area (Å²) in [6.45, 7) is 3.82. The number of anilines is 1. The van der Waals surface area contributed by atoms with Crippen molar-refractivity contribution in [3.63, 3.8) is 0 Å². The van der Waals surface area contributed by atoms with Gasteiger partial charge >= 0.3 is 6.03 Å². The maximum absolute atomic E-state index is 12.2. The second-order valence-corrected chi connectivity index (χ2v) is 8.46. The van der Waals surface area contributed by atoms with Crippen LogP contribution < -0.4 is 5.32 Å². The third kappa shape index (κ3) is 3.44. The summed E-state index contributed by atoms with van der Waals surface area (Å²) in [5.41, 5.74) is 0.437. The highest BCUT2D eigenvalue weighted by atomic mass is 35.5. The molecule has 1 aliphatic heterocycles. The molecule has 0 radical (unpaired) electrons. The summed E-state index contributed by atoms with van der Waals surface area (Å²) in [4.78, 5) is 13.9. The van der Waals surface area contributed by atoms with Crippen molar-refractivity contribution in [1.29, 1.82) is 0 Å². The van der Waals surface area contributed by atoms with Crippen LogP contribution in [-0.2, 0) is 0 Å². The number of nitrogens with one attached hydrogen (secondary N) is 1. The number of hydrogen-bond acceptors (Lipinski definition) is 4. The molecule has 1 fully saturated rings. The SMILES string of the molecule is CN1C(=S)SC(C)(C)[C@@H]1N(O)C(=O)Nc1ccc(Cl)c(Cl)c1. The number of benzene rings is 1. The maximum Gasteiger partial charge on any atom is 0.347 e. The molecule has 0 spiro atoms. The molecule has 5 nitrogen and oxygen atoms in total. The van der Waals surface area contributed by atoms with E-state index in [1.165, 1.54) is 17.8 Å². The van der Waals surface area contributed by atoms with Crippen molar-refractivity contribution >= 4 is 63.2 Å². The van der Waals surface area contributed by atoms with Gasteiger partial charge in [-0.2, -0.15) is 5.06 Å². The Morgan fingerprint density at radius 2 is 2.09 bits per heavy atom. The molecular weight excluding hydrogens is 365 g/mol. The highest BCUT2D eigenvalue weighted by Gasteiger charge is 2.47. The minimum absolute atomic E-state index is 0.319. The van der Waals surface area contributed by atoms with Gasteiger partial charge in [0.05, 0.1) is 14.8 Å². The summed E-state index contributed by atoms with van der Waals surface area (Å²) in [6, 6.07) is 4.01. The Hall–Kier alpha value is -0.730. The molecule has 0 unspecified atom stereocenters. The molecule has 0 aromatic heterocycles. The first-order chi connectivity index (χ1) is 10.1. The molecule has 0 bridgehead atoms. The summed E-state index contributed by atoms with van der Waals surface area (Å²) < 4.78 is 0.187. The molecular formula is C13H15Cl2N3O2S2. The van der Waals surface area contributed by atoms with E-state index in [1.807, 2.05) is 13.8 Å². The minimum Gasteiger partial charge on any atom is -0.337 e. The number of rotatable bonds is 2. The van der Waals surface area contributed by atoms with E-state index >= 15 is 0 Å². The van der Waals surface area contributed by atoms with Crippen molar-refractivity contribution in [1.82, 2.24) is 9.96 Å². The van der Waals surface area contributed by atoms with Crippen molar-refractivity contribution in [2.45, 2.75) is 24.8 Å². The molecule has 22 heavy (non-hydrogen) atoms. The lowest BCUT2D eigenvalue weighted by molar-refractivity contribution is -0.110. The Kier molecular flexibility index (Phi) is 5.13. The van der Waals surface area contributed by atoms with Gasteiger partial charge < -0.3 is 10.2 Å². The van der Waals surface area contributed by atoms with Crippen LogP contribution >= 0.6 is 47.2 Å². The van der Waals surface area contributed by atoms with Gasteiger partial charge in [-0.15, -0.1) is 0 Å². The van der Waals surface area contributed by atoms with Crippen molar-refractivity contribution in [2.75, 3.05) is 12.4 Å². The molecule has 9 heteroatoms. The number of amides is 2. The van der Waals surface area contributed by atoms with Gasteiger partial charge in [0.1, 0.15) is 10.5 Å². The lowest BCUT2D eigenvalue weighted by Crippen LogP contribution is -2.54. The van der Waals surface area contributed by atoms with Gasteiger partial charge in [0, 0.05) is 12.7 Å². The molecule has 1 saturated heterocycles. The molecule has 1 atom stereocenters. The van der Waals surface area contributed by atoms with Gasteiger partial charge in [-0.1, -0.05) is 47.2 Å². The zero-order valence-corrected chi connectivity index (χ0v) is 15.3. The highest BCUT2D eigenvalue weighted by molar-refractivity contribution is 8.24. The van der Waals surface area contributed by atoms with Crippen LogP contribution in [0.15, 0.2) is 18.2 Å². The fourth-order valence-electron chi connectivity index (χ4n) is 2.24. The summed E-state index contributed by atoms with van der Waals surface area (Å²) in [7, 11) is 1.74. The standard InChI is InChI=1S/C13H15Cl2N3O2S2/c1-13(2)10(17(3)12(21)22-13)18(20)11(19)16-7-4-5-8(14)9(15)6-7/h4-6,10,20H,1-3H3,(H,16,19)/t10-/m0/s1. The van der Waals surface area contributed by atoms with Crippen LogP contribution in [0, 0.1) is 0 Å². The molecule has 1 heterocycles. The third-order valence-corrected chi connectivity index (χ3v) is 5.71. The minimum atomic E-state index is -0.673. The first-order valence-corrected chi connectivity index (χ1v) is 8.31. The van der Waals surface area contributed by atoms with Crippen molar-refractivity contribution in [2.24, 2.45) is 0 Å². The lowest BCUT2D eigenvalue weighted by Gasteiger charge is -2.35. The van der Waals surface area contributed by atoms with E-state index in [-0.39, 0.29) is 0 Å². The molecule has 1 aromatic carbocycles. The van der Waals surface area contributed by atoms with E-state index in [4.69, 9.17) is 35.4 Å². The number of hydrogen-bond donors (Lipinski definition) is 2. The average Bonchev–Trinajstić information content (AvgIpc) is 2.61. The number of carbonyl (C=O) groups is 1. The van der Waals surface area contributed by atoms with Crippen LogP contribution in [0.3, 0.4) is 0 Å². The van der Waals surface area contributed by atoms with Gasteiger partial charge in [-0.25, -0.2) is 4.79 Å². The highest BCUT2D eigenvalue weighted by Crippen LogP contribution is 2.41. The van der Waals surface area contributed by atoms with Gasteiger partial charge in [0.2, 0.25) is 0 Å². The van der Waals surface area contributed by atoms with E-state index in [0.29, 0.717) is 25.1 Å². The van der Waals surface area contributed by atoms with Crippen LogP contribution in [0.1, 0.15) is 13.8 Å². The van der Waals surface area contributed by atoms with Crippen molar-refractivity contribution in [3.05, 3.63) is 28.2 Å². The summed E-state index contributed by atoms with van der Waals surface area (Å²) in [6.07, 6.45) is -0.576. The molecule has 0 saturated carbocycles. The van der Waals surface area contributed by atoms with E-state index in [2.05, 4.69) is 5.32 Å². The van der Waals surface area contributed by atoms with E-state index in [0.717, 1.165) is 0 Å². The zero-order valence-electron chi connectivity index (χ0n) is 12.1. The fourth-order valence-corrected chi connectivity index (χ4v) is 4.34. The predicted octanol–water partition coefficient (Wildman–Crippen LogP) is 4.28. The normalized spacial score (nSPS) is 20.2. The number of thioether (sulfide) groups is 1. The lowest BCUT2D eigenvalue weighted by atomic mass is 10.1. The predicted molar refractivity (Wildman–Crippen MR) is 94.9 cm³/mol. The van der Waals surface area contributed by atoms with E-state index in [9.17, 15) is 10.0 Å². The second kappa shape index (κ2) is 6.41. The molecule has 0 aliphatic carbocycles. The largest absolute Gasteiger partial charge is 0.347 e. The Balaban J connectivity index is 2.15. The summed E-state index contributed by atoms with van der Waals surface area (Å²) >= 11 is 18.4. The number of halogens is 2. The summed E-state index contributed by atoms with van der Waals surface area (Å²) in [5, 5.41) is 14.2. The van der Waals surface area contributed by atoms with E-state index in [1.54, 1.807) is 24.1 Å². The monoisotopic (exact) mass is 379 g/mol. The number of carbonyl (C=O) groups excluding carboxylic acids is 1. The molecule has 120 valence electrons. The molecule has 1 aliphatic rings.